The van der Waals surface area contributed by atoms with Gasteiger partial charge in [0.1, 0.15) is 13.1 Å². The molecule has 2 aliphatic rings. The van der Waals surface area contributed by atoms with Crippen molar-refractivity contribution in [2.24, 2.45) is 5.10 Å². The van der Waals surface area contributed by atoms with Crippen LogP contribution < -0.4 is 0 Å². The smallest absolute Gasteiger partial charge is 0.325 e. The minimum Gasteiger partial charge on any atom is -0.480 e. The van der Waals surface area contributed by atoms with Gasteiger partial charge in [-0.15, -0.1) is 0 Å². The van der Waals surface area contributed by atoms with Crippen molar-refractivity contribution in [1.82, 2.24) is 9.91 Å². The van der Waals surface area contributed by atoms with Crippen LogP contribution in [-0.4, -0.2) is 45.8 Å². The third kappa shape index (κ3) is 1.95. The zero-order valence-corrected chi connectivity index (χ0v) is 8.75. The number of allylic oxidation sites excluding steroid dienone is 2. The lowest BCUT2D eigenvalue weighted by Gasteiger charge is -2.31. The summed E-state index contributed by atoms with van der Waals surface area (Å²) in [7, 11) is 0. The van der Waals surface area contributed by atoms with Crippen molar-refractivity contribution in [3.05, 3.63) is 23.9 Å². The predicted molar refractivity (Wildman–Crippen MR) is 56.4 cm³/mol. The molecule has 6 heteroatoms. The maximum Gasteiger partial charge on any atom is 0.325 e. The number of hydrogen-bond acceptors (Lipinski definition) is 4. The topological polar surface area (TPSA) is 73.2 Å². The number of hydrogen-bond donors (Lipinski definition) is 1. The van der Waals surface area contributed by atoms with Crippen LogP contribution in [0.15, 0.2) is 29.0 Å². The van der Waals surface area contributed by atoms with Gasteiger partial charge in [0.25, 0.3) is 5.91 Å². The van der Waals surface area contributed by atoms with E-state index in [9.17, 15) is 9.59 Å². The van der Waals surface area contributed by atoms with Crippen LogP contribution in [0.1, 0.15) is 6.92 Å². The normalized spacial score (nSPS) is 19.2. The molecule has 84 valence electrons. The maximum atomic E-state index is 11.6. The Balaban J connectivity index is 2.23. The van der Waals surface area contributed by atoms with E-state index < -0.39 is 12.5 Å². The number of hydrazone groups is 1. The Hall–Kier alpha value is -2.11. The van der Waals surface area contributed by atoms with E-state index in [1.807, 2.05) is 19.2 Å². The molecule has 1 N–H and O–H groups in total. The van der Waals surface area contributed by atoms with E-state index in [0.717, 1.165) is 10.6 Å². The molecule has 0 radical (unpaired) electrons. The number of carbonyl (C=O) groups is 2. The van der Waals surface area contributed by atoms with Gasteiger partial charge < -0.3 is 10.0 Å². The van der Waals surface area contributed by atoms with Crippen molar-refractivity contribution in [1.29, 1.82) is 0 Å². The summed E-state index contributed by atoms with van der Waals surface area (Å²) in [5, 5.41) is 13.6. The van der Waals surface area contributed by atoms with E-state index in [1.54, 1.807) is 11.0 Å². The van der Waals surface area contributed by atoms with Gasteiger partial charge in [-0.25, -0.2) is 5.01 Å². The number of amides is 1. The number of carboxylic acids is 1. The van der Waals surface area contributed by atoms with E-state index >= 15 is 0 Å². The Kier molecular flexibility index (Phi) is 2.47. The number of fused-ring (bicyclic) bond motifs is 1. The van der Waals surface area contributed by atoms with Crippen molar-refractivity contribution in [2.75, 3.05) is 13.1 Å². The monoisotopic (exact) mass is 221 g/mol. The van der Waals surface area contributed by atoms with Gasteiger partial charge in [0, 0.05) is 6.20 Å². The highest BCUT2D eigenvalue weighted by molar-refractivity contribution is 6.00. The highest BCUT2D eigenvalue weighted by Gasteiger charge is 2.26. The van der Waals surface area contributed by atoms with Gasteiger partial charge >= 0.3 is 5.97 Å². The molecule has 6 nitrogen and oxygen atoms in total. The van der Waals surface area contributed by atoms with Gasteiger partial charge in [-0.1, -0.05) is 6.08 Å². The standard InChI is InChI=1S/C10H11N3O3/c1-7-2-3-8-11-13(6-10(15)16)9(14)5-12(8)4-7/h2-4H,5-6H2,1H3,(H,15,16). The average molecular weight is 221 g/mol. The Morgan fingerprint density at radius 1 is 1.56 bits per heavy atom. The SMILES string of the molecule is CC1=CN2CC(=O)N(CC(=O)O)N=C2C=C1. The lowest BCUT2D eigenvalue weighted by molar-refractivity contribution is -0.145. The summed E-state index contributed by atoms with van der Waals surface area (Å²) in [4.78, 5) is 23.8. The molecule has 2 aliphatic heterocycles. The molecule has 16 heavy (non-hydrogen) atoms. The zero-order chi connectivity index (χ0) is 11.7. The third-order valence-electron chi connectivity index (χ3n) is 2.25. The molecule has 0 aliphatic carbocycles. The van der Waals surface area contributed by atoms with Crippen LogP contribution in [0, 0.1) is 0 Å². The molecule has 0 aromatic heterocycles. The predicted octanol–water partition coefficient (Wildman–Crippen LogP) is 0.00230. The second kappa shape index (κ2) is 3.80. The summed E-state index contributed by atoms with van der Waals surface area (Å²) in [5.41, 5.74) is 1.03. The van der Waals surface area contributed by atoms with Gasteiger partial charge in [0.05, 0.1) is 0 Å². The second-order valence-electron chi connectivity index (χ2n) is 3.64. The molecule has 0 saturated heterocycles. The number of nitrogens with zero attached hydrogens (tertiary/aromatic N) is 3. The molecule has 0 spiro atoms. The molecule has 0 fully saturated rings. The van der Waals surface area contributed by atoms with E-state index in [0.29, 0.717) is 5.84 Å². The maximum absolute atomic E-state index is 11.6. The molecular formula is C10H11N3O3. The summed E-state index contributed by atoms with van der Waals surface area (Å²) < 4.78 is 0. The molecule has 0 atom stereocenters. The highest BCUT2D eigenvalue weighted by Crippen LogP contribution is 2.14. The number of carbonyl (C=O) groups excluding carboxylic acids is 1. The lowest BCUT2D eigenvalue weighted by atomic mass is 10.2. The Morgan fingerprint density at radius 3 is 3.00 bits per heavy atom. The first kappa shape index (κ1) is 10.4. The molecule has 0 aromatic rings. The molecule has 2 heterocycles. The summed E-state index contributed by atoms with van der Waals surface area (Å²) in [5.74, 6) is -0.797. The van der Waals surface area contributed by atoms with E-state index in [-0.39, 0.29) is 12.5 Å². The van der Waals surface area contributed by atoms with E-state index in [4.69, 9.17) is 5.11 Å². The van der Waals surface area contributed by atoms with Gasteiger partial charge in [-0.3, -0.25) is 9.59 Å². The second-order valence-corrected chi connectivity index (χ2v) is 3.64. The minimum absolute atomic E-state index is 0.133. The van der Waals surface area contributed by atoms with Crippen molar-refractivity contribution in [3.63, 3.8) is 0 Å². The Labute approximate surface area is 92.1 Å². The van der Waals surface area contributed by atoms with Crippen LogP contribution in [0.3, 0.4) is 0 Å². The van der Waals surface area contributed by atoms with Crippen molar-refractivity contribution < 1.29 is 14.7 Å². The van der Waals surface area contributed by atoms with Crippen LogP contribution >= 0.6 is 0 Å². The number of amidine groups is 1. The number of rotatable bonds is 2. The largest absolute Gasteiger partial charge is 0.480 e. The van der Waals surface area contributed by atoms with Gasteiger partial charge in [-0.05, 0) is 18.6 Å². The highest BCUT2D eigenvalue weighted by atomic mass is 16.4. The average Bonchev–Trinajstić information content (AvgIpc) is 2.19. The van der Waals surface area contributed by atoms with Crippen molar-refractivity contribution in [2.45, 2.75) is 6.92 Å². The Bertz CT molecular complexity index is 437. The number of carboxylic acid groups (broad SMARTS) is 1. The first-order chi connectivity index (χ1) is 7.56. The van der Waals surface area contributed by atoms with Crippen molar-refractivity contribution >= 4 is 17.7 Å². The fourth-order valence-corrected chi connectivity index (χ4v) is 1.53. The summed E-state index contributed by atoms with van der Waals surface area (Å²) in [6.07, 6.45) is 5.44. The lowest BCUT2D eigenvalue weighted by Crippen LogP contribution is -2.46. The fourth-order valence-electron chi connectivity index (χ4n) is 1.53. The fraction of sp³-hybridized carbons (Fsp3) is 0.300. The van der Waals surface area contributed by atoms with Gasteiger partial charge in [0.2, 0.25) is 0 Å². The van der Waals surface area contributed by atoms with E-state index in [2.05, 4.69) is 5.10 Å². The molecule has 0 saturated carbocycles. The zero-order valence-electron chi connectivity index (χ0n) is 8.75. The molecule has 0 bridgehead atoms. The summed E-state index contributed by atoms with van der Waals surface area (Å²) in [6, 6.07) is 0. The van der Waals surface area contributed by atoms with Gasteiger partial charge in [-0.2, -0.15) is 5.10 Å². The quantitative estimate of drug-likeness (QED) is 0.712. The van der Waals surface area contributed by atoms with Crippen LogP contribution in [0.25, 0.3) is 0 Å². The molecule has 2 rings (SSSR count). The first-order valence-electron chi connectivity index (χ1n) is 4.80. The third-order valence-corrected chi connectivity index (χ3v) is 2.25. The van der Waals surface area contributed by atoms with Crippen molar-refractivity contribution in [3.8, 4) is 0 Å². The molecule has 0 aromatic carbocycles. The first-order valence-corrected chi connectivity index (χ1v) is 4.80. The minimum atomic E-state index is -1.07. The van der Waals surface area contributed by atoms with E-state index in [1.165, 1.54) is 0 Å². The van der Waals surface area contributed by atoms with Crippen LogP contribution in [0.5, 0.6) is 0 Å². The molecular weight excluding hydrogens is 210 g/mol. The van der Waals surface area contributed by atoms with Crippen LogP contribution in [0.2, 0.25) is 0 Å². The van der Waals surface area contributed by atoms with Crippen LogP contribution in [-0.2, 0) is 9.59 Å². The van der Waals surface area contributed by atoms with Crippen LogP contribution in [0.4, 0.5) is 0 Å². The summed E-state index contributed by atoms with van der Waals surface area (Å²) >= 11 is 0. The summed E-state index contributed by atoms with van der Waals surface area (Å²) in [6.45, 7) is 1.65. The Morgan fingerprint density at radius 2 is 2.31 bits per heavy atom. The number of aliphatic carboxylic acids is 1. The molecule has 0 unspecified atom stereocenters. The molecule has 1 amide bonds. The van der Waals surface area contributed by atoms with Gasteiger partial charge in [0.15, 0.2) is 5.84 Å².